The molecule has 0 unspecified atom stereocenters. The second-order valence-electron chi connectivity index (χ2n) is 9.54. The molecule has 34 heavy (non-hydrogen) atoms. The first-order valence-electron chi connectivity index (χ1n) is 12.5. The van der Waals surface area contributed by atoms with Gasteiger partial charge in [0.05, 0.1) is 12.8 Å². The highest BCUT2D eigenvalue weighted by Crippen LogP contribution is 2.30. The Balaban J connectivity index is 1.40. The molecule has 1 saturated heterocycles. The molecule has 4 rings (SSSR count). The molecule has 1 aliphatic heterocycles. The Morgan fingerprint density at radius 3 is 2.24 bits per heavy atom. The van der Waals surface area contributed by atoms with Gasteiger partial charge < -0.3 is 14.4 Å². The SMILES string of the molecule is COc1ccccc1N1CCN(CC[C@H](Oc2cc(C)cc(C(C)C)c2)c2ccccc2)CC1. The predicted octanol–water partition coefficient (Wildman–Crippen LogP) is 6.46. The van der Waals surface area contributed by atoms with Crippen LogP contribution in [0.4, 0.5) is 5.69 Å². The molecule has 1 atom stereocenters. The van der Waals surface area contributed by atoms with Gasteiger partial charge in [0.2, 0.25) is 0 Å². The molecule has 0 N–H and O–H groups in total. The first-order valence-corrected chi connectivity index (χ1v) is 12.5. The van der Waals surface area contributed by atoms with E-state index in [1.807, 2.05) is 12.1 Å². The molecule has 0 saturated carbocycles. The zero-order valence-corrected chi connectivity index (χ0v) is 21.0. The molecular weight excluding hydrogens is 420 g/mol. The summed E-state index contributed by atoms with van der Waals surface area (Å²) in [5.41, 5.74) is 5.01. The number of hydrogen-bond acceptors (Lipinski definition) is 4. The lowest BCUT2D eigenvalue weighted by molar-refractivity contribution is 0.160. The number of para-hydroxylation sites is 2. The zero-order chi connectivity index (χ0) is 23.9. The zero-order valence-electron chi connectivity index (χ0n) is 21.0. The Morgan fingerprint density at radius 2 is 1.53 bits per heavy atom. The minimum atomic E-state index is 0.0373. The van der Waals surface area contributed by atoms with E-state index in [1.165, 1.54) is 22.4 Å². The van der Waals surface area contributed by atoms with Crippen molar-refractivity contribution in [3.05, 3.63) is 89.5 Å². The summed E-state index contributed by atoms with van der Waals surface area (Å²) in [5.74, 6) is 2.41. The number of methoxy groups -OCH3 is 1. The van der Waals surface area contributed by atoms with E-state index in [9.17, 15) is 0 Å². The van der Waals surface area contributed by atoms with Crippen molar-refractivity contribution in [2.45, 2.75) is 39.2 Å². The van der Waals surface area contributed by atoms with Crippen molar-refractivity contribution < 1.29 is 9.47 Å². The molecule has 0 amide bonds. The quantitative estimate of drug-likeness (QED) is 0.367. The standard InChI is InChI=1S/C30H38N2O2/c1-23(2)26-20-24(3)21-27(22-26)34-29(25-10-6-5-7-11-25)14-15-31-16-18-32(19-17-31)28-12-8-9-13-30(28)33-4/h5-13,20-23,29H,14-19H2,1-4H3/t29-/m0/s1. The number of benzene rings is 3. The van der Waals surface area contributed by atoms with Crippen molar-refractivity contribution >= 4 is 5.69 Å². The van der Waals surface area contributed by atoms with E-state index in [2.05, 4.69) is 91.2 Å². The van der Waals surface area contributed by atoms with Gasteiger partial charge in [-0.05, 0) is 53.8 Å². The van der Waals surface area contributed by atoms with Crippen LogP contribution in [-0.2, 0) is 0 Å². The minimum absolute atomic E-state index is 0.0373. The first-order chi connectivity index (χ1) is 16.5. The van der Waals surface area contributed by atoms with Crippen LogP contribution in [0.2, 0.25) is 0 Å². The Kier molecular flexibility index (Phi) is 8.12. The maximum Gasteiger partial charge on any atom is 0.142 e. The van der Waals surface area contributed by atoms with Gasteiger partial charge >= 0.3 is 0 Å². The summed E-state index contributed by atoms with van der Waals surface area (Å²) in [5, 5.41) is 0. The van der Waals surface area contributed by atoms with Crippen LogP contribution in [0.15, 0.2) is 72.8 Å². The van der Waals surface area contributed by atoms with Crippen molar-refractivity contribution in [1.29, 1.82) is 0 Å². The van der Waals surface area contributed by atoms with Gasteiger partial charge in [-0.25, -0.2) is 0 Å². The fraction of sp³-hybridized carbons (Fsp3) is 0.400. The molecule has 4 nitrogen and oxygen atoms in total. The summed E-state index contributed by atoms with van der Waals surface area (Å²) in [7, 11) is 1.75. The summed E-state index contributed by atoms with van der Waals surface area (Å²) in [6.07, 6.45) is 0.999. The summed E-state index contributed by atoms with van der Waals surface area (Å²) >= 11 is 0. The van der Waals surface area contributed by atoms with Gasteiger partial charge in [0, 0.05) is 39.1 Å². The van der Waals surface area contributed by atoms with E-state index in [1.54, 1.807) is 7.11 Å². The molecule has 1 fully saturated rings. The fourth-order valence-corrected chi connectivity index (χ4v) is 4.71. The molecule has 4 heteroatoms. The Labute approximate surface area is 205 Å². The Bertz CT molecular complexity index is 1040. The molecule has 180 valence electrons. The highest BCUT2D eigenvalue weighted by molar-refractivity contribution is 5.58. The van der Waals surface area contributed by atoms with E-state index in [0.29, 0.717) is 5.92 Å². The van der Waals surface area contributed by atoms with Gasteiger partial charge in [-0.15, -0.1) is 0 Å². The molecule has 3 aromatic rings. The van der Waals surface area contributed by atoms with Crippen LogP contribution in [0.5, 0.6) is 11.5 Å². The number of aryl methyl sites for hydroxylation is 1. The van der Waals surface area contributed by atoms with Gasteiger partial charge in [0.1, 0.15) is 17.6 Å². The maximum absolute atomic E-state index is 6.63. The van der Waals surface area contributed by atoms with Crippen LogP contribution in [-0.4, -0.2) is 44.7 Å². The third-order valence-electron chi connectivity index (χ3n) is 6.70. The second kappa shape index (κ2) is 11.4. The monoisotopic (exact) mass is 458 g/mol. The number of ether oxygens (including phenoxy) is 2. The summed E-state index contributed by atoms with van der Waals surface area (Å²) in [4.78, 5) is 4.99. The Hall–Kier alpha value is -2.98. The third-order valence-corrected chi connectivity index (χ3v) is 6.70. The summed E-state index contributed by atoms with van der Waals surface area (Å²) < 4.78 is 12.2. The van der Waals surface area contributed by atoms with Crippen LogP contribution in [0, 0.1) is 6.92 Å². The molecule has 1 heterocycles. The van der Waals surface area contributed by atoms with E-state index in [4.69, 9.17) is 9.47 Å². The maximum atomic E-state index is 6.63. The van der Waals surface area contributed by atoms with Crippen LogP contribution in [0.1, 0.15) is 49.0 Å². The molecule has 0 spiro atoms. The largest absolute Gasteiger partial charge is 0.495 e. The van der Waals surface area contributed by atoms with Gasteiger partial charge in [0.25, 0.3) is 0 Å². The van der Waals surface area contributed by atoms with Gasteiger partial charge in [-0.1, -0.05) is 62.4 Å². The smallest absolute Gasteiger partial charge is 0.142 e. The normalized spacial score (nSPS) is 15.4. The van der Waals surface area contributed by atoms with Crippen molar-refractivity contribution in [2.75, 3.05) is 44.7 Å². The number of anilines is 1. The highest BCUT2D eigenvalue weighted by Gasteiger charge is 2.22. The summed E-state index contributed by atoms with van der Waals surface area (Å²) in [6, 6.07) is 25.6. The molecule has 0 aliphatic carbocycles. The van der Waals surface area contributed by atoms with Crippen molar-refractivity contribution in [3.63, 3.8) is 0 Å². The molecule has 0 radical (unpaired) electrons. The first kappa shape index (κ1) is 24.2. The number of piperazine rings is 1. The fourth-order valence-electron chi connectivity index (χ4n) is 4.71. The van der Waals surface area contributed by atoms with Crippen LogP contribution >= 0.6 is 0 Å². The number of nitrogens with zero attached hydrogens (tertiary/aromatic N) is 2. The van der Waals surface area contributed by atoms with Crippen LogP contribution < -0.4 is 14.4 Å². The van der Waals surface area contributed by atoms with Gasteiger partial charge in [-0.3, -0.25) is 4.90 Å². The van der Waals surface area contributed by atoms with Crippen molar-refractivity contribution in [1.82, 2.24) is 4.90 Å². The topological polar surface area (TPSA) is 24.9 Å². The lowest BCUT2D eigenvalue weighted by Gasteiger charge is -2.37. The highest BCUT2D eigenvalue weighted by atomic mass is 16.5. The lowest BCUT2D eigenvalue weighted by Crippen LogP contribution is -2.47. The minimum Gasteiger partial charge on any atom is -0.495 e. The average Bonchev–Trinajstić information content (AvgIpc) is 2.87. The van der Waals surface area contributed by atoms with Gasteiger partial charge in [-0.2, -0.15) is 0 Å². The van der Waals surface area contributed by atoms with Crippen LogP contribution in [0.25, 0.3) is 0 Å². The Morgan fingerprint density at radius 1 is 0.824 bits per heavy atom. The van der Waals surface area contributed by atoms with Crippen molar-refractivity contribution in [3.8, 4) is 11.5 Å². The molecule has 1 aliphatic rings. The lowest BCUT2D eigenvalue weighted by atomic mass is 10.0. The molecule has 0 bridgehead atoms. The second-order valence-corrected chi connectivity index (χ2v) is 9.54. The number of rotatable bonds is 9. The number of hydrogen-bond donors (Lipinski definition) is 0. The predicted molar refractivity (Wildman–Crippen MR) is 141 cm³/mol. The van der Waals surface area contributed by atoms with Crippen LogP contribution in [0.3, 0.4) is 0 Å². The summed E-state index contributed by atoms with van der Waals surface area (Å²) in [6.45, 7) is 11.7. The van der Waals surface area contributed by atoms with E-state index < -0.39 is 0 Å². The van der Waals surface area contributed by atoms with E-state index in [0.717, 1.165) is 50.6 Å². The third kappa shape index (κ3) is 6.12. The molecule has 0 aromatic heterocycles. The average molecular weight is 459 g/mol. The van der Waals surface area contributed by atoms with E-state index >= 15 is 0 Å². The molecular formula is C30H38N2O2. The van der Waals surface area contributed by atoms with E-state index in [-0.39, 0.29) is 6.10 Å². The van der Waals surface area contributed by atoms with Crippen molar-refractivity contribution in [2.24, 2.45) is 0 Å². The van der Waals surface area contributed by atoms with Gasteiger partial charge in [0.15, 0.2) is 0 Å². The molecule has 3 aromatic carbocycles.